The van der Waals surface area contributed by atoms with Crippen LogP contribution >= 0.6 is 0 Å². The van der Waals surface area contributed by atoms with Crippen molar-refractivity contribution in [1.82, 2.24) is 10.2 Å². The smallest absolute Gasteiger partial charge is 0.244 e. The Morgan fingerprint density at radius 3 is 2.68 bits per heavy atom. The Bertz CT molecular complexity index is 905. The Morgan fingerprint density at radius 1 is 1.44 bits per heavy atom. The Morgan fingerprint density at radius 2 is 2.12 bits per heavy atom. The first-order valence-corrected chi connectivity index (χ1v) is 7.95. The van der Waals surface area contributed by atoms with E-state index in [1.807, 2.05) is 38.1 Å². The fourth-order valence-corrected chi connectivity index (χ4v) is 3.51. The van der Waals surface area contributed by atoms with Gasteiger partial charge >= 0.3 is 0 Å². The third-order valence-corrected chi connectivity index (χ3v) is 4.56. The first kappa shape index (κ1) is 16.6. The van der Waals surface area contributed by atoms with Gasteiger partial charge in [-0.05, 0) is 31.0 Å². The lowest BCUT2D eigenvalue weighted by atomic mass is 9.66. The van der Waals surface area contributed by atoms with Crippen LogP contribution in [-0.2, 0) is 10.2 Å². The molecule has 1 amide bonds. The van der Waals surface area contributed by atoms with Crippen molar-refractivity contribution in [2.45, 2.75) is 32.6 Å². The van der Waals surface area contributed by atoms with E-state index in [0.717, 1.165) is 16.8 Å². The maximum atomic E-state index is 11.2. The molecule has 0 aliphatic carbocycles. The number of carbonyl (C=O) groups is 1. The fraction of sp³-hybridized carbons (Fsp3) is 0.278. The number of carbonyl (C=O) groups excluding carboxylic acids is 1. The predicted molar refractivity (Wildman–Crippen MR) is 92.6 cm³/mol. The molecule has 7 nitrogen and oxygen atoms in total. The number of nitrogens with two attached hydrogens (primary N) is 1. The van der Waals surface area contributed by atoms with Crippen molar-refractivity contribution in [3.8, 4) is 11.9 Å². The van der Waals surface area contributed by atoms with Gasteiger partial charge in [0.2, 0.25) is 17.7 Å². The number of aromatic nitrogens is 2. The molecule has 0 bridgehead atoms. The molecule has 25 heavy (non-hydrogen) atoms. The number of hydrogen-bond donors (Lipinski definition) is 3. The van der Waals surface area contributed by atoms with E-state index < -0.39 is 5.41 Å². The van der Waals surface area contributed by atoms with E-state index in [9.17, 15) is 10.1 Å². The summed E-state index contributed by atoms with van der Waals surface area (Å²) in [4.78, 5) is 11.2. The number of H-pyrrole nitrogens is 1. The Hall–Kier alpha value is -3.27. The number of nitriles is 1. The molecule has 0 saturated carbocycles. The summed E-state index contributed by atoms with van der Waals surface area (Å²) in [6.45, 7) is 5.34. The average Bonchev–Trinajstić information content (AvgIpc) is 2.95. The monoisotopic (exact) mass is 337 g/mol. The van der Waals surface area contributed by atoms with Gasteiger partial charge in [-0.1, -0.05) is 19.1 Å². The molecule has 1 atom stereocenters. The molecule has 1 aromatic heterocycles. The van der Waals surface area contributed by atoms with Crippen LogP contribution in [0.2, 0.25) is 0 Å². The van der Waals surface area contributed by atoms with Crippen molar-refractivity contribution in [1.29, 1.82) is 5.26 Å². The molecule has 1 aliphatic rings. The Balaban J connectivity index is 2.23. The number of hydrogen-bond acceptors (Lipinski definition) is 5. The lowest BCUT2D eigenvalue weighted by Gasteiger charge is -2.36. The standard InChI is InChI=1S/C18H19N5O2/c1-4-18(12-5-7-13(8-6-12)21-11(3)24)14(9-19)16(20)25-17-15(18)10(2)22-23-17/h5-8H,4,20H2,1-3H3,(H,21,24)(H,22,23). The molecule has 1 aromatic carbocycles. The zero-order valence-corrected chi connectivity index (χ0v) is 14.3. The van der Waals surface area contributed by atoms with E-state index in [-0.39, 0.29) is 11.8 Å². The SMILES string of the molecule is CCC1(c2ccc(NC(C)=O)cc2)C(C#N)=C(N)Oc2n[nH]c(C)c21. The molecule has 0 saturated heterocycles. The van der Waals surface area contributed by atoms with Crippen LogP contribution in [0.4, 0.5) is 5.69 Å². The average molecular weight is 337 g/mol. The highest BCUT2D eigenvalue weighted by Gasteiger charge is 2.47. The lowest BCUT2D eigenvalue weighted by molar-refractivity contribution is -0.114. The first-order valence-electron chi connectivity index (χ1n) is 7.95. The molecule has 3 rings (SSSR count). The summed E-state index contributed by atoms with van der Waals surface area (Å²) >= 11 is 0. The topological polar surface area (TPSA) is 117 Å². The Kier molecular flexibility index (Phi) is 3.97. The summed E-state index contributed by atoms with van der Waals surface area (Å²) in [6, 6.07) is 9.62. The van der Waals surface area contributed by atoms with Crippen molar-refractivity contribution in [3.05, 3.63) is 52.5 Å². The quantitative estimate of drug-likeness (QED) is 0.795. The number of allylic oxidation sites excluding steroid dienone is 1. The van der Waals surface area contributed by atoms with Crippen molar-refractivity contribution in [2.24, 2.45) is 5.73 Å². The molecule has 7 heteroatoms. The van der Waals surface area contributed by atoms with Gasteiger partial charge in [0.25, 0.3) is 0 Å². The number of benzene rings is 1. The molecule has 128 valence electrons. The summed E-state index contributed by atoms with van der Waals surface area (Å²) in [5.74, 6) is 0.315. The third kappa shape index (κ3) is 2.43. The van der Waals surface area contributed by atoms with Gasteiger partial charge in [-0.25, -0.2) is 0 Å². The highest BCUT2D eigenvalue weighted by molar-refractivity contribution is 5.88. The minimum absolute atomic E-state index is 0.0642. The number of aryl methyl sites for hydroxylation is 1. The number of rotatable bonds is 3. The largest absolute Gasteiger partial charge is 0.420 e. The second kappa shape index (κ2) is 5.98. The maximum Gasteiger partial charge on any atom is 0.244 e. The summed E-state index contributed by atoms with van der Waals surface area (Å²) in [6.07, 6.45) is 0.604. The fourth-order valence-electron chi connectivity index (χ4n) is 3.51. The molecule has 1 aliphatic heterocycles. The van der Waals surface area contributed by atoms with E-state index in [2.05, 4.69) is 21.6 Å². The van der Waals surface area contributed by atoms with Crippen LogP contribution < -0.4 is 15.8 Å². The van der Waals surface area contributed by atoms with Gasteiger partial charge < -0.3 is 15.8 Å². The molecular formula is C18H19N5O2. The minimum Gasteiger partial charge on any atom is -0.420 e. The molecule has 1 unspecified atom stereocenters. The van der Waals surface area contributed by atoms with Crippen LogP contribution in [0, 0.1) is 18.3 Å². The molecule has 2 aromatic rings. The van der Waals surface area contributed by atoms with Crippen LogP contribution in [0.5, 0.6) is 5.88 Å². The number of ether oxygens (including phenoxy) is 1. The van der Waals surface area contributed by atoms with Gasteiger partial charge in [0.1, 0.15) is 11.6 Å². The van der Waals surface area contributed by atoms with Gasteiger partial charge in [0.05, 0.1) is 11.0 Å². The second-order valence-corrected chi connectivity index (χ2v) is 6.00. The van der Waals surface area contributed by atoms with E-state index in [0.29, 0.717) is 23.6 Å². The van der Waals surface area contributed by atoms with Crippen LogP contribution in [0.1, 0.15) is 37.1 Å². The molecule has 4 N–H and O–H groups in total. The molecule has 2 heterocycles. The lowest BCUT2D eigenvalue weighted by Crippen LogP contribution is -2.36. The number of aromatic amines is 1. The van der Waals surface area contributed by atoms with Gasteiger partial charge in [-0.2, -0.15) is 5.26 Å². The number of anilines is 1. The van der Waals surface area contributed by atoms with Crippen LogP contribution in [-0.4, -0.2) is 16.1 Å². The van der Waals surface area contributed by atoms with Crippen molar-refractivity contribution < 1.29 is 9.53 Å². The van der Waals surface area contributed by atoms with Gasteiger partial charge in [0.15, 0.2) is 0 Å². The second-order valence-electron chi connectivity index (χ2n) is 6.00. The molecular weight excluding hydrogens is 318 g/mol. The highest BCUT2D eigenvalue weighted by Crippen LogP contribution is 2.50. The zero-order chi connectivity index (χ0) is 18.2. The van der Waals surface area contributed by atoms with E-state index in [4.69, 9.17) is 10.5 Å². The highest BCUT2D eigenvalue weighted by atomic mass is 16.5. The Labute approximate surface area is 145 Å². The minimum atomic E-state index is -0.752. The summed E-state index contributed by atoms with van der Waals surface area (Å²) in [5, 5.41) is 19.6. The normalized spacial score (nSPS) is 19.0. The molecule has 0 radical (unpaired) electrons. The van der Waals surface area contributed by atoms with Crippen molar-refractivity contribution >= 4 is 11.6 Å². The van der Waals surface area contributed by atoms with Gasteiger partial charge in [0, 0.05) is 18.3 Å². The predicted octanol–water partition coefficient (Wildman–Crippen LogP) is 2.46. The number of nitrogens with one attached hydrogen (secondary N) is 2. The number of amides is 1. The first-order chi connectivity index (χ1) is 11.9. The van der Waals surface area contributed by atoms with E-state index in [1.54, 1.807) is 0 Å². The van der Waals surface area contributed by atoms with Crippen LogP contribution in [0.15, 0.2) is 35.7 Å². The zero-order valence-electron chi connectivity index (χ0n) is 14.3. The number of nitrogens with zero attached hydrogens (tertiary/aromatic N) is 2. The van der Waals surface area contributed by atoms with E-state index in [1.165, 1.54) is 6.92 Å². The third-order valence-electron chi connectivity index (χ3n) is 4.56. The van der Waals surface area contributed by atoms with Crippen molar-refractivity contribution in [2.75, 3.05) is 5.32 Å². The van der Waals surface area contributed by atoms with Gasteiger partial charge in [-0.3, -0.25) is 9.89 Å². The number of fused-ring (bicyclic) bond motifs is 1. The summed E-state index contributed by atoms with van der Waals surface area (Å²) < 4.78 is 5.55. The van der Waals surface area contributed by atoms with E-state index >= 15 is 0 Å². The van der Waals surface area contributed by atoms with Crippen LogP contribution in [0.3, 0.4) is 0 Å². The molecule has 0 spiro atoms. The van der Waals surface area contributed by atoms with Crippen LogP contribution in [0.25, 0.3) is 0 Å². The van der Waals surface area contributed by atoms with Crippen molar-refractivity contribution in [3.63, 3.8) is 0 Å². The maximum absolute atomic E-state index is 11.2. The summed E-state index contributed by atoms with van der Waals surface area (Å²) in [5.41, 5.74) is 8.84. The summed E-state index contributed by atoms with van der Waals surface area (Å²) in [7, 11) is 0. The molecule has 0 fully saturated rings. The van der Waals surface area contributed by atoms with Gasteiger partial charge in [-0.15, -0.1) is 5.10 Å².